The Morgan fingerprint density at radius 1 is 1.00 bits per heavy atom. The largest absolute Gasteiger partial charge is 0.493 e. The summed E-state index contributed by atoms with van der Waals surface area (Å²) in [4.78, 5) is 22.9. The number of benzene rings is 1. The molecule has 0 heterocycles. The zero-order valence-corrected chi connectivity index (χ0v) is 13.0. The van der Waals surface area contributed by atoms with Crippen molar-refractivity contribution < 1.29 is 23.8 Å². The number of hydrogen-bond donors (Lipinski definition) is 0. The van der Waals surface area contributed by atoms with Crippen LogP contribution in [0.4, 0.5) is 0 Å². The van der Waals surface area contributed by atoms with Gasteiger partial charge in [-0.2, -0.15) is 0 Å². The smallest absolute Gasteiger partial charge is 0.311 e. The van der Waals surface area contributed by atoms with Crippen molar-refractivity contribution in [2.24, 2.45) is 5.92 Å². The zero-order valence-electron chi connectivity index (χ0n) is 13.0. The fourth-order valence-corrected chi connectivity index (χ4v) is 1.39. The van der Waals surface area contributed by atoms with Crippen LogP contribution in [-0.4, -0.2) is 18.5 Å². The van der Waals surface area contributed by atoms with Crippen molar-refractivity contribution >= 4 is 11.9 Å². The van der Waals surface area contributed by atoms with Crippen molar-refractivity contribution in [2.75, 3.05) is 6.61 Å². The number of esters is 2. The van der Waals surface area contributed by atoms with Crippen molar-refractivity contribution in [3.8, 4) is 17.2 Å². The van der Waals surface area contributed by atoms with Crippen molar-refractivity contribution in [3.05, 3.63) is 18.2 Å². The number of hydrogen-bond acceptors (Lipinski definition) is 5. The average molecular weight is 294 g/mol. The van der Waals surface area contributed by atoms with Gasteiger partial charge in [-0.05, 0) is 18.1 Å². The molecule has 0 saturated heterocycles. The van der Waals surface area contributed by atoms with Crippen LogP contribution < -0.4 is 14.2 Å². The van der Waals surface area contributed by atoms with E-state index in [9.17, 15) is 9.59 Å². The van der Waals surface area contributed by atoms with Gasteiger partial charge in [0.25, 0.3) is 0 Å². The molecule has 0 saturated carbocycles. The predicted molar refractivity (Wildman–Crippen MR) is 78.6 cm³/mol. The Kier molecular flexibility index (Phi) is 6.72. The average Bonchev–Trinajstić information content (AvgIpc) is 2.46. The molecule has 1 aromatic carbocycles. The van der Waals surface area contributed by atoms with E-state index >= 15 is 0 Å². The first-order chi connectivity index (χ1) is 9.96. The van der Waals surface area contributed by atoms with E-state index < -0.39 is 5.97 Å². The molecule has 0 fully saturated rings. The minimum absolute atomic E-state index is 0.199. The maximum atomic E-state index is 11.5. The third-order valence-electron chi connectivity index (χ3n) is 2.52. The van der Waals surface area contributed by atoms with E-state index in [-0.39, 0.29) is 30.3 Å². The van der Waals surface area contributed by atoms with Gasteiger partial charge in [0.2, 0.25) is 0 Å². The summed E-state index contributed by atoms with van der Waals surface area (Å²) in [6.45, 7) is 8.01. The fraction of sp³-hybridized carbons (Fsp3) is 0.500. The second-order valence-electron chi connectivity index (χ2n) is 4.97. The summed E-state index contributed by atoms with van der Waals surface area (Å²) < 4.78 is 15.9. The minimum Gasteiger partial charge on any atom is -0.493 e. The van der Waals surface area contributed by atoms with Gasteiger partial charge in [-0.1, -0.05) is 27.7 Å². The van der Waals surface area contributed by atoms with Gasteiger partial charge in [0, 0.05) is 18.9 Å². The van der Waals surface area contributed by atoms with E-state index in [0.717, 1.165) is 0 Å². The Morgan fingerprint density at radius 2 is 1.57 bits per heavy atom. The Bertz CT molecular complexity index is 493. The molecule has 5 nitrogen and oxygen atoms in total. The topological polar surface area (TPSA) is 61.8 Å². The Morgan fingerprint density at radius 3 is 2.10 bits per heavy atom. The number of rotatable bonds is 7. The van der Waals surface area contributed by atoms with Crippen LogP contribution in [0.25, 0.3) is 0 Å². The van der Waals surface area contributed by atoms with Gasteiger partial charge in [0.05, 0.1) is 6.61 Å². The van der Waals surface area contributed by atoms with E-state index in [1.54, 1.807) is 32.0 Å². The summed E-state index contributed by atoms with van der Waals surface area (Å²) in [5, 5.41) is 0. The maximum absolute atomic E-state index is 11.5. The van der Waals surface area contributed by atoms with Crippen LogP contribution in [0.1, 0.15) is 40.5 Å². The van der Waals surface area contributed by atoms with Gasteiger partial charge in [-0.3, -0.25) is 9.59 Å². The molecule has 21 heavy (non-hydrogen) atoms. The lowest BCUT2D eigenvalue weighted by Crippen LogP contribution is -2.11. The van der Waals surface area contributed by atoms with Crippen LogP contribution in [0.3, 0.4) is 0 Å². The standard InChI is InChI=1S/C16H22O5/c1-5-15(17)20-13-8-7-12(19-10-11(3)4)9-14(13)21-16(18)6-2/h7-9,11H,5-6,10H2,1-4H3. The van der Waals surface area contributed by atoms with Crippen LogP contribution in [0.2, 0.25) is 0 Å². The molecule has 0 aromatic heterocycles. The highest BCUT2D eigenvalue weighted by Gasteiger charge is 2.14. The lowest BCUT2D eigenvalue weighted by atomic mass is 10.2. The highest BCUT2D eigenvalue weighted by molar-refractivity contribution is 5.76. The van der Waals surface area contributed by atoms with Crippen molar-refractivity contribution in [1.29, 1.82) is 0 Å². The highest BCUT2D eigenvalue weighted by atomic mass is 16.6. The third kappa shape index (κ3) is 5.85. The first kappa shape index (κ1) is 17.0. The molecule has 0 bridgehead atoms. The van der Waals surface area contributed by atoms with Gasteiger partial charge < -0.3 is 14.2 Å². The van der Waals surface area contributed by atoms with Crippen molar-refractivity contribution in [3.63, 3.8) is 0 Å². The summed E-state index contributed by atoms with van der Waals surface area (Å²) in [7, 11) is 0. The van der Waals surface area contributed by atoms with Gasteiger partial charge in [0.15, 0.2) is 11.5 Å². The molecule has 0 aliphatic heterocycles. The quantitative estimate of drug-likeness (QED) is 0.570. The molecule has 5 heteroatoms. The monoisotopic (exact) mass is 294 g/mol. The molecule has 0 N–H and O–H groups in total. The summed E-state index contributed by atoms with van der Waals surface area (Å²) >= 11 is 0. The number of carbonyl (C=O) groups excluding carboxylic acids is 2. The normalized spacial score (nSPS) is 10.3. The molecule has 0 aliphatic carbocycles. The fourth-order valence-electron chi connectivity index (χ4n) is 1.39. The molecule has 0 spiro atoms. The van der Waals surface area contributed by atoms with Crippen LogP contribution in [0, 0.1) is 5.92 Å². The summed E-state index contributed by atoms with van der Waals surface area (Å²) in [5.41, 5.74) is 0. The van der Waals surface area contributed by atoms with Gasteiger partial charge >= 0.3 is 11.9 Å². The molecule has 0 amide bonds. The molecule has 0 aliphatic rings. The Hall–Kier alpha value is -2.04. The molecule has 116 valence electrons. The second kappa shape index (κ2) is 8.29. The van der Waals surface area contributed by atoms with E-state index in [1.165, 1.54) is 0 Å². The lowest BCUT2D eigenvalue weighted by Gasteiger charge is -2.13. The van der Waals surface area contributed by atoms with Crippen molar-refractivity contribution in [2.45, 2.75) is 40.5 Å². The minimum atomic E-state index is -0.398. The van der Waals surface area contributed by atoms with E-state index in [2.05, 4.69) is 0 Å². The van der Waals surface area contributed by atoms with Crippen LogP contribution in [0.15, 0.2) is 18.2 Å². The lowest BCUT2D eigenvalue weighted by molar-refractivity contribution is -0.136. The molecular weight excluding hydrogens is 272 g/mol. The molecular formula is C16H22O5. The maximum Gasteiger partial charge on any atom is 0.311 e. The van der Waals surface area contributed by atoms with Crippen LogP contribution >= 0.6 is 0 Å². The van der Waals surface area contributed by atoms with Crippen LogP contribution in [-0.2, 0) is 9.59 Å². The second-order valence-corrected chi connectivity index (χ2v) is 4.97. The molecule has 0 radical (unpaired) electrons. The van der Waals surface area contributed by atoms with Gasteiger partial charge in [0.1, 0.15) is 5.75 Å². The SMILES string of the molecule is CCC(=O)Oc1ccc(OCC(C)C)cc1OC(=O)CC. The Labute approximate surface area is 125 Å². The number of carbonyl (C=O) groups is 2. The highest BCUT2D eigenvalue weighted by Crippen LogP contribution is 2.32. The third-order valence-corrected chi connectivity index (χ3v) is 2.52. The predicted octanol–water partition coefficient (Wildman–Crippen LogP) is 3.35. The first-order valence-electron chi connectivity index (χ1n) is 7.14. The summed E-state index contributed by atoms with van der Waals surface area (Å²) in [5.74, 6) is 0.582. The first-order valence-corrected chi connectivity index (χ1v) is 7.14. The van der Waals surface area contributed by atoms with E-state index in [4.69, 9.17) is 14.2 Å². The zero-order chi connectivity index (χ0) is 15.8. The summed E-state index contributed by atoms with van der Waals surface area (Å²) in [6, 6.07) is 4.82. The molecule has 1 aromatic rings. The number of ether oxygens (including phenoxy) is 3. The Balaban J connectivity index is 2.95. The van der Waals surface area contributed by atoms with E-state index in [1.807, 2.05) is 13.8 Å². The molecule has 0 atom stereocenters. The summed E-state index contributed by atoms with van der Waals surface area (Å²) in [6.07, 6.45) is 0.477. The van der Waals surface area contributed by atoms with Gasteiger partial charge in [-0.25, -0.2) is 0 Å². The molecule has 1 rings (SSSR count). The molecule has 0 unspecified atom stereocenters. The van der Waals surface area contributed by atoms with Crippen molar-refractivity contribution in [1.82, 2.24) is 0 Å². The van der Waals surface area contributed by atoms with Gasteiger partial charge in [-0.15, -0.1) is 0 Å². The van der Waals surface area contributed by atoms with E-state index in [0.29, 0.717) is 18.3 Å². The van der Waals surface area contributed by atoms with Crippen LogP contribution in [0.5, 0.6) is 17.2 Å².